The molecule has 1 aliphatic heterocycles. The van der Waals surface area contributed by atoms with Gasteiger partial charge in [0.05, 0.1) is 32.9 Å². The standard InChI is InChI=1S/C22H24FN3O4/c1-27-19-12-17-18(20(28-2)21(19)29-3)13-24-25-22(17)26-9-7-15(8-10-26)30-16-6-4-5-14(23)11-16/h4-6,11-13,15H,7-10H2,1-3H3. The van der Waals surface area contributed by atoms with Crippen LogP contribution in [0.4, 0.5) is 10.2 Å². The average molecular weight is 413 g/mol. The molecule has 1 saturated heterocycles. The van der Waals surface area contributed by atoms with Gasteiger partial charge in [-0.25, -0.2) is 4.39 Å². The van der Waals surface area contributed by atoms with Crippen LogP contribution < -0.4 is 23.8 Å². The minimum atomic E-state index is -0.297. The molecule has 3 aromatic rings. The topological polar surface area (TPSA) is 65.9 Å². The van der Waals surface area contributed by atoms with E-state index < -0.39 is 0 Å². The van der Waals surface area contributed by atoms with Crippen molar-refractivity contribution in [2.75, 3.05) is 39.3 Å². The van der Waals surface area contributed by atoms with Gasteiger partial charge >= 0.3 is 0 Å². The molecule has 7 nitrogen and oxygen atoms in total. The molecule has 30 heavy (non-hydrogen) atoms. The summed E-state index contributed by atoms with van der Waals surface area (Å²) in [6.45, 7) is 1.48. The zero-order chi connectivity index (χ0) is 21.1. The van der Waals surface area contributed by atoms with E-state index in [0.717, 1.165) is 42.5 Å². The van der Waals surface area contributed by atoms with Gasteiger partial charge < -0.3 is 23.8 Å². The Morgan fingerprint density at radius 1 is 0.967 bits per heavy atom. The second-order valence-corrected chi connectivity index (χ2v) is 7.04. The molecule has 1 aliphatic rings. The molecule has 0 unspecified atom stereocenters. The molecule has 2 heterocycles. The highest BCUT2D eigenvalue weighted by atomic mass is 19.1. The Kier molecular flexibility index (Phi) is 5.74. The van der Waals surface area contributed by atoms with Crippen LogP contribution in [0.5, 0.6) is 23.0 Å². The third-order valence-electron chi connectivity index (χ3n) is 5.29. The van der Waals surface area contributed by atoms with Crippen molar-refractivity contribution in [3.8, 4) is 23.0 Å². The summed E-state index contributed by atoms with van der Waals surface area (Å²) >= 11 is 0. The molecule has 0 radical (unpaired) electrons. The van der Waals surface area contributed by atoms with Gasteiger partial charge in [-0.3, -0.25) is 0 Å². The van der Waals surface area contributed by atoms with Crippen LogP contribution in [-0.4, -0.2) is 50.7 Å². The molecule has 0 aliphatic carbocycles. The zero-order valence-corrected chi connectivity index (χ0v) is 17.2. The van der Waals surface area contributed by atoms with E-state index in [9.17, 15) is 4.39 Å². The number of rotatable bonds is 6. The minimum absolute atomic E-state index is 0.0233. The second kappa shape index (κ2) is 8.61. The van der Waals surface area contributed by atoms with Gasteiger partial charge in [-0.15, -0.1) is 5.10 Å². The molecule has 1 aromatic heterocycles. The molecule has 158 valence electrons. The molecule has 4 rings (SSSR count). The molecular formula is C22H24FN3O4. The van der Waals surface area contributed by atoms with Crippen LogP contribution in [0.25, 0.3) is 10.8 Å². The van der Waals surface area contributed by atoms with Gasteiger partial charge in [-0.05, 0) is 18.2 Å². The molecule has 0 N–H and O–H groups in total. The van der Waals surface area contributed by atoms with E-state index in [-0.39, 0.29) is 11.9 Å². The lowest BCUT2D eigenvalue weighted by Gasteiger charge is -2.33. The van der Waals surface area contributed by atoms with Crippen LogP contribution in [-0.2, 0) is 0 Å². The first-order valence-electron chi connectivity index (χ1n) is 9.76. The Bertz CT molecular complexity index is 1040. The van der Waals surface area contributed by atoms with Crippen LogP contribution in [0.15, 0.2) is 36.5 Å². The summed E-state index contributed by atoms with van der Waals surface area (Å²) in [5, 5.41) is 10.3. The van der Waals surface area contributed by atoms with Crippen LogP contribution in [0.1, 0.15) is 12.8 Å². The molecule has 0 saturated carbocycles. The van der Waals surface area contributed by atoms with Crippen molar-refractivity contribution in [1.82, 2.24) is 10.2 Å². The molecule has 8 heteroatoms. The highest BCUT2D eigenvalue weighted by Gasteiger charge is 2.25. The molecule has 0 amide bonds. The zero-order valence-electron chi connectivity index (χ0n) is 17.2. The van der Waals surface area contributed by atoms with Gasteiger partial charge in [0.2, 0.25) is 5.75 Å². The largest absolute Gasteiger partial charge is 0.493 e. The first-order valence-corrected chi connectivity index (χ1v) is 9.76. The van der Waals surface area contributed by atoms with Gasteiger partial charge in [0, 0.05) is 37.4 Å². The maximum absolute atomic E-state index is 13.4. The first kappa shape index (κ1) is 20.0. The number of anilines is 1. The van der Waals surface area contributed by atoms with Crippen LogP contribution in [0.3, 0.4) is 0 Å². The van der Waals surface area contributed by atoms with Crippen LogP contribution in [0.2, 0.25) is 0 Å². The van der Waals surface area contributed by atoms with Crippen molar-refractivity contribution < 1.29 is 23.3 Å². The Hall–Kier alpha value is -3.29. The highest BCUT2D eigenvalue weighted by Crippen LogP contribution is 2.45. The number of methoxy groups -OCH3 is 3. The van der Waals surface area contributed by atoms with Crippen molar-refractivity contribution in [3.05, 3.63) is 42.3 Å². The summed E-state index contributed by atoms with van der Waals surface area (Å²) < 4.78 is 35.9. The Morgan fingerprint density at radius 3 is 2.40 bits per heavy atom. The van der Waals surface area contributed by atoms with Gasteiger partial charge in [0.15, 0.2) is 17.3 Å². The normalized spacial score (nSPS) is 14.6. The van der Waals surface area contributed by atoms with E-state index in [2.05, 4.69) is 15.1 Å². The fraction of sp³-hybridized carbons (Fsp3) is 0.364. The number of halogens is 1. The molecule has 1 fully saturated rings. The van der Waals surface area contributed by atoms with E-state index in [1.807, 2.05) is 6.07 Å². The molecule has 0 atom stereocenters. The first-order chi connectivity index (χ1) is 14.6. The van der Waals surface area contributed by atoms with Crippen molar-refractivity contribution in [1.29, 1.82) is 0 Å². The van der Waals surface area contributed by atoms with Gasteiger partial charge in [-0.2, -0.15) is 5.10 Å². The summed E-state index contributed by atoms with van der Waals surface area (Å²) in [7, 11) is 4.75. The summed E-state index contributed by atoms with van der Waals surface area (Å²) in [5.74, 6) is 2.67. The third-order valence-corrected chi connectivity index (χ3v) is 5.29. The summed E-state index contributed by atoms with van der Waals surface area (Å²) in [6, 6.07) is 8.15. The number of fused-ring (bicyclic) bond motifs is 1. The highest BCUT2D eigenvalue weighted by molar-refractivity contribution is 5.99. The quantitative estimate of drug-likeness (QED) is 0.608. The lowest BCUT2D eigenvalue weighted by Crippen LogP contribution is -2.38. The SMILES string of the molecule is COc1cc2c(N3CCC(Oc4cccc(F)c4)CC3)nncc2c(OC)c1OC. The molecule has 2 aromatic carbocycles. The molecular weight excluding hydrogens is 389 g/mol. The molecule has 0 bridgehead atoms. The number of ether oxygens (including phenoxy) is 4. The summed E-state index contributed by atoms with van der Waals surface area (Å²) in [4.78, 5) is 2.17. The maximum atomic E-state index is 13.4. The van der Waals surface area contributed by atoms with Crippen LogP contribution in [0, 0.1) is 5.82 Å². The predicted molar refractivity (Wildman–Crippen MR) is 111 cm³/mol. The number of aromatic nitrogens is 2. The van der Waals surface area contributed by atoms with Crippen molar-refractivity contribution in [3.63, 3.8) is 0 Å². The lowest BCUT2D eigenvalue weighted by molar-refractivity contribution is 0.170. The third kappa shape index (κ3) is 3.77. The summed E-state index contributed by atoms with van der Waals surface area (Å²) in [6.07, 6.45) is 3.27. The number of nitrogens with zero attached hydrogens (tertiary/aromatic N) is 3. The van der Waals surface area contributed by atoms with Gasteiger partial charge in [0.25, 0.3) is 0 Å². The second-order valence-electron chi connectivity index (χ2n) is 7.04. The lowest BCUT2D eigenvalue weighted by atomic mass is 10.1. The number of benzene rings is 2. The van der Waals surface area contributed by atoms with E-state index in [4.69, 9.17) is 18.9 Å². The van der Waals surface area contributed by atoms with E-state index in [0.29, 0.717) is 23.0 Å². The Morgan fingerprint density at radius 2 is 1.73 bits per heavy atom. The monoisotopic (exact) mass is 413 g/mol. The van der Waals surface area contributed by atoms with Gasteiger partial charge in [0.1, 0.15) is 17.7 Å². The van der Waals surface area contributed by atoms with E-state index >= 15 is 0 Å². The number of piperidine rings is 1. The average Bonchev–Trinajstić information content (AvgIpc) is 2.77. The Balaban J connectivity index is 1.58. The summed E-state index contributed by atoms with van der Waals surface area (Å²) in [5.41, 5.74) is 0. The Labute approximate surface area is 174 Å². The molecule has 0 spiro atoms. The van der Waals surface area contributed by atoms with E-state index in [1.165, 1.54) is 12.1 Å². The van der Waals surface area contributed by atoms with Crippen molar-refractivity contribution in [2.45, 2.75) is 18.9 Å². The van der Waals surface area contributed by atoms with Gasteiger partial charge in [-0.1, -0.05) is 6.07 Å². The predicted octanol–water partition coefficient (Wildman–Crippen LogP) is 3.84. The maximum Gasteiger partial charge on any atom is 0.204 e. The fourth-order valence-electron chi connectivity index (χ4n) is 3.84. The minimum Gasteiger partial charge on any atom is -0.493 e. The van der Waals surface area contributed by atoms with Crippen molar-refractivity contribution in [2.24, 2.45) is 0 Å². The smallest absolute Gasteiger partial charge is 0.204 e. The van der Waals surface area contributed by atoms with E-state index in [1.54, 1.807) is 39.7 Å². The fourth-order valence-corrected chi connectivity index (χ4v) is 3.84. The van der Waals surface area contributed by atoms with Crippen LogP contribution >= 0.6 is 0 Å². The number of hydrogen-bond acceptors (Lipinski definition) is 7. The number of hydrogen-bond donors (Lipinski definition) is 0. The van der Waals surface area contributed by atoms with Crippen molar-refractivity contribution >= 4 is 16.6 Å².